The number of ether oxygens (including phenoxy) is 1. The van der Waals surface area contributed by atoms with Crippen molar-refractivity contribution in [2.45, 2.75) is 86.7 Å². The third-order valence-electron chi connectivity index (χ3n) is 10.4. The molecule has 2 aliphatic carbocycles. The number of amides is 2. The highest BCUT2D eigenvalue weighted by Gasteiger charge is 2.72. The number of benzene rings is 2. The molecule has 0 aromatic heterocycles. The van der Waals surface area contributed by atoms with E-state index < -0.39 is 28.7 Å². The van der Waals surface area contributed by atoms with Crippen LogP contribution in [0.15, 0.2) is 36.4 Å². The maximum atomic E-state index is 16.1. The van der Waals surface area contributed by atoms with Gasteiger partial charge in [0.2, 0.25) is 11.8 Å². The van der Waals surface area contributed by atoms with Crippen molar-refractivity contribution in [3.63, 3.8) is 0 Å². The quantitative estimate of drug-likeness (QED) is 0.414. The summed E-state index contributed by atoms with van der Waals surface area (Å²) in [6.07, 6.45) is 6.68. The molecule has 0 bridgehead atoms. The van der Waals surface area contributed by atoms with E-state index in [0.717, 1.165) is 24.8 Å². The number of likely N-dealkylation sites (N-methyl/N-ethyl adjacent to an activating group) is 1. The van der Waals surface area contributed by atoms with Crippen molar-refractivity contribution in [3.8, 4) is 0 Å². The molecule has 2 aromatic carbocycles. The third-order valence-corrected chi connectivity index (χ3v) is 10.9. The number of nitrogens with one attached hydrogen (secondary N) is 2. The van der Waals surface area contributed by atoms with Crippen LogP contribution in [-0.4, -0.2) is 54.5 Å². The number of carbonyl (C=O) groups is 3. The number of esters is 1. The number of halogens is 3. The van der Waals surface area contributed by atoms with E-state index in [1.807, 2.05) is 6.07 Å². The van der Waals surface area contributed by atoms with Gasteiger partial charge in [0.05, 0.1) is 24.1 Å². The van der Waals surface area contributed by atoms with Crippen LogP contribution in [0.3, 0.4) is 0 Å². The van der Waals surface area contributed by atoms with Gasteiger partial charge in [-0.05, 0) is 67.9 Å². The number of carbonyl (C=O) groups excluding carboxylic acids is 3. The van der Waals surface area contributed by atoms with E-state index >= 15 is 4.39 Å². The molecule has 2 amide bonds. The summed E-state index contributed by atoms with van der Waals surface area (Å²) in [6.45, 7) is 0. The molecule has 3 fully saturated rings. The average molecular weight is 617 g/mol. The minimum absolute atomic E-state index is 0.0531. The first-order valence-corrected chi connectivity index (χ1v) is 15.6. The fourth-order valence-corrected chi connectivity index (χ4v) is 8.82. The maximum absolute atomic E-state index is 16.1. The Morgan fingerprint density at radius 3 is 2.45 bits per heavy atom. The van der Waals surface area contributed by atoms with Gasteiger partial charge in [0.25, 0.3) is 0 Å². The Morgan fingerprint density at radius 2 is 1.76 bits per heavy atom. The van der Waals surface area contributed by atoms with Crippen molar-refractivity contribution in [2.75, 3.05) is 19.5 Å². The van der Waals surface area contributed by atoms with Gasteiger partial charge in [-0.3, -0.25) is 19.7 Å². The lowest BCUT2D eigenvalue weighted by Gasteiger charge is -2.47. The first kappa shape index (κ1) is 29.4. The lowest BCUT2D eigenvalue weighted by atomic mass is 9.55. The van der Waals surface area contributed by atoms with Crippen molar-refractivity contribution in [1.29, 1.82) is 0 Å². The molecule has 4 aliphatic rings. The maximum Gasteiger partial charge on any atom is 0.308 e. The minimum atomic E-state index is -1.26. The summed E-state index contributed by atoms with van der Waals surface area (Å²) in [5, 5.41) is 7.20. The Hall–Kier alpha value is -2.68. The molecule has 0 radical (unpaired) electrons. The molecule has 7 nitrogen and oxygen atoms in total. The van der Waals surface area contributed by atoms with E-state index in [-0.39, 0.29) is 40.3 Å². The van der Waals surface area contributed by atoms with Crippen molar-refractivity contribution >= 4 is 46.7 Å². The Labute approximate surface area is 255 Å². The van der Waals surface area contributed by atoms with E-state index in [2.05, 4.69) is 10.6 Å². The first-order valence-electron chi connectivity index (χ1n) is 14.8. The number of hydrogen-bond acceptors (Lipinski definition) is 5. The molecule has 6 rings (SSSR count). The van der Waals surface area contributed by atoms with Gasteiger partial charge in [-0.15, -0.1) is 0 Å². The predicted octanol–water partition coefficient (Wildman–Crippen LogP) is 5.97. The van der Waals surface area contributed by atoms with Crippen LogP contribution >= 0.6 is 23.2 Å². The van der Waals surface area contributed by atoms with Gasteiger partial charge >= 0.3 is 5.97 Å². The Bertz CT molecular complexity index is 1420. The second-order valence-corrected chi connectivity index (χ2v) is 13.2. The molecular formula is C32H36Cl2FN3O4. The lowest BCUT2D eigenvalue weighted by Crippen LogP contribution is -2.60. The molecule has 2 saturated carbocycles. The minimum Gasteiger partial charge on any atom is -0.469 e. The Kier molecular flexibility index (Phi) is 7.77. The van der Waals surface area contributed by atoms with Crippen LogP contribution in [0.1, 0.15) is 74.8 Å². The average Bonchev–Trinajstić information content (AvgIpc) is 3.45. The Morgan fingerprint density at radius 1 is 1.05 bits per heavy atom. The van der Waals surface area contributed by atoms with Gasteiger partial charge in [-0.2, -0.15) is 0 Å². The summed E-state index contributed by atoms with van der Waals surface area (Å²) >= 11 is 12.7. The number of methoxy groups -OCH3 is 1. The molecule has 3 atom stereocenters. The summed E-state index contributed by atoms with van der Waals surface area (Å²) < 4.78 is 21.0. The molecule has 224 valence electrons. The molecule has 2 heterocycles. The van der Waals surface area contributed by atoms with E-state index in [1.54, 1.807) is 36.2 Å². The number of fused-ring (bicyclic) bond motifs is 3. The topological polar surface area (TPSA) is 87.7 Å². The van der Waals surface area contributed by atoms with E-state index in [1.165, 1.54) is 13.2 Å². The van der Waals surface area contributed by atoms with Crippen LogP contribution in [0.5, 0.6) is 0 Å². The van der Waals surface area contributed by atoms with Crippen molar-refractivity contribution < 1.29 is 23.5 Å². The van der Waals surface area contributed by atoms with Crippen molar-refractivity contribution in [3.05, 3.63) is 63.4 Å². The number of hydrogen-bond donors (Lipinski definition) is 2. The van der Waals surface area contributed by atoms with E-state index in [9.17, 15) is 14.4 Å². The van der Waals surface area contributed by atoms with Crippen LogP contribution < -0.4 is 10.6 Å². The first-order chi connectivity index (χ1) is 20.1. The molecule has 2 aromatic rings. The number of anilines is 1. The predicted molar refractivity (Wildman–Crippen MR) is 159 cm³/mol. The standard InChI is InChI=1S/C32H36Cl2FN3O4/c1-38(20-12-9-18(10-13-20)29(40)42-2)28(39)27-25(21-7-6-8-23(34)26(21)35)32(31(37-27)15-4-3-5-16-31)22-14-11-19(33)17-24(22)36-30(32)41/h6-8,11,14,17-18,20,25,27,37H,3-5,9-10,12-13,15-16H2,1-2H3,(H,36,41)/t18?,20?,25?,27-,32-/m1/s1. The van der Waals surface area contributed by atoms with Gasteiger partial charge < -0.3 is 15.0 Å². The molecular weight excluding hydrogens is 580 g/mol. The van der Waals surface area contributed by atoms with Crippen LogP contribution in [0.25, 0.3) is 0 Å². The molecule has 2 aliphatic heterocycles. The van der Waals surface area contributed by atoms with Crippen LogP contribution in [-0.2, 0) is 24.5 Å². The summed E-state index contributed by atoms with van der Waals surface area (Å²) in [5.74, 6) is -2.32. The molecule has 10 heteroatoms. The highest BCUT2D eigenvalue weighted by Crippen LogP contribution is 2.63. The zero-order valence-electron chi connectivity index (χ0n) is 23.9. The molecule has 2 N–H and O–H groups in total. The highest BCUT2D eigenvalue weighted by molar-refractivity contribution is 6.31. The monoisotopic (exact) mass is 615 g/mol. The largest absolute Gasteiger partial charge is 0.469 e. The van der Waals surface area contributed by atoms with Gasteiger partial charge in [-0.1, -0.05) is 60.7 Å². The van der Waals surface area contributed by atoms with Crippen LogP contribution in [0.4, 0.5) is 10.1 Å². The fourth-order valence-electron chi connectivity index (χ4n) is 8.47. The van der Waals surface area contributed by atoms with E-state index in [0.29, 0.717) is 49.2 Å². The summed E-state index contributed by atoms with van der Waals surface area (Å²) in [5.41, 5.74) is -0.474. The smallest absolute Gasteiger partial charge is 0.308 e. The SMILES string of the molecule is COC(=O)C1CCC(N(C)C(=O)[C@@H]2NC3(CCCCC3)[C@@]3(C(=O)Nc4cc(Cl)ccc43)C2c2cccc(Cl)c2F)CC1. The second kappa shape index (κ2) is 11.1. The number of nitrogens with zero attached hydrogens (tertiary/aromatic N) is 1. The Balaban J connectivity index is 1.48. The van der Waals surface area contributed by atoms with Crippen molar-refractivity contribution in [1.82, 2.24) is 10.2 Å². The van der Waals surface area contributed by atoms with Gasteiger partial charge in [0.15, 0.2) is 0 Å². The lowest BCUT2D eigenvalue weighted by molar-refractivity contribution is -0.147. The molecule has 2 spiro atoms. The van der Waals surface area contributed by atoms with Gasteiger partial charge in [0, 0.05) is 35.3 Å². The summed E-state index contributed by atoms with van der Waals surface area (Å²) in [4.78, 5) is 42.9. The van der Waals surface area contributed by atoms with Crippen LogP contribution in [0.2, 0.25) is 10.0 Å². The normalized spacial score (nSPS) is 29.8. The highest BCUT2D eigenvalue weighted by atomic mass is 35.5. The van der Waals surface area contributed by atoms with Gasteiger partial charge in [0.1, 0.15) is 11.2 Å². The molecule has 1 saturated heterocycles. The fraction of sp³-hybridized carbons (Fsp3) is 0.531. The zero-order valence-corrected chi connectivity index (χ0v) is 25.4. The van der Waals surface area contributed by atoms with E-state index in [4.69, 9.17) is 27.9 Å². The van der Waals surface area contributed by atoms with Crippen LogP contribution in [0, 0.1) is 11.7 Å². The summed E-state index contributed by atoms with van der Waals surface area (Å²) in [6, 6.07) is 9.18. The zero-order chi connectivity index (χ0) is 29.8. The summed E-state index contributed by atoms with van der Waals surface area (Å²) in [7, 11) is 3.17. The molecule has 1 unspecified atom stereocenters. The second-order valence-electron chi connectivity index (χ2n) is 12.3. The number of rotatable bonds is 4. The molecule has 42 heavy (non-hydrogen) atoms. The third kappa shape index (κ3) is 4.36. The van der Waals surface area contributed by atoms with Gasteiger partial charge in [-0.25, -0.2) is 4.39 Å². The van der Waals surface area contributed by atoms with Crippen molar-refractivity contribution in [2.24, 2.45) is 5.92 Å².